The average Bonchev–Trinajstić information content (AvgIpc) is 3.19. The minimum atomic E-state index is -0.902. The Hall–Kier alpha value is -3.35. The summed E-state index contributed by atoms with van der Waals surface area (Å²) in [6.07, 6.45) is 38.4. The maximum Gasteiger partial charge on any atom is 0.519 e. The normalized spacial score (nSPS) is 11.0. The number of carbonyl (C=O) groups is 3. The molecule has 2 aromatic carbocycles. The van der Waals surface area contributed by atoms with Crippen LogP contribution in [0.5, 0.6) is 23.0 Å². The van der Waals surface area contributed by atoms with Gasteiger partial charge in [0, 0.05) is 12.8 Å². The van der Waals surface area contributed by atoms with Gasteiger partial charge >= 0.3 is 18.1 Å². The number of ether oxygens (including phenoxy) is 4. The van der Waals surface area contributed by atoms with Gasteiger partial charge in [-0.25, -0.2) is 4.79 Å². The summed E-state index contributed by atoms with van der Waals surface area (Å²) in [6.45, 7) is 4.53. The Morgan fingerprint density at radius 1 is 0.304 bits per heavy atom. The first-order chi connectivity index (χ1) is 27.5. The van der Waals surface area contributed by atoms with Crippen LogP contribution in [0.1, 0.15) is 219 Å². The predicted octanol–water partition coefficient (Wildman–Crippen LogP) is 15.6. The highest BCUT2D eigenvalue weighted by Gasteiger charge is 2.11. The number of esters is 2. The van der Waals surface area contributed by atoms with E-state index in [0.717, 1.165) is 38.5 Å². The molecule has 0 saturated carbocycles. The third kappa shape index (κ3) is 28.1. The zero-order chi connectivity index (χ0) is 40.2. The van der Waals surface area contributed by atoms with Crippen LogP contribution in [0, 0.1) is 0 Å². The van der Waals surface area contributed by atoms with E-state index in [9.17, 15) is 14.4 Å². The molecule has 0 spiro atoms. The molecule has 7 heteroatoms. The fourth-order valence-electron chi connectivity index (χ4n) is 7.01. The van der Waals surface area contributed by atoms with Gasteiger partial charge in [0.05, 0.1) is 0 Å². The molecule has 0 aliphatic rings. The van der Waals surface area contributed by atoms with E-state index in [1.54, 1.807) is 48.5 Å². The highest BCUT2D eigenvalue weighted by molar-refractivity contribution is 5.73. The first kappa shape index (κ1) is 48.8. The lowest BCUT2D eigenvalue weighted by atomic mass is 10.0. The SMILES string of the molecule is CCCCCCCCCCCCCCCCCC(=O)Oc1ccc(OC(=O)Oc2ccc(OC(=O)CCCCCCCCCCCCCCCCC)cc2)cc1. The smallest absolute Gasteiger partial charge is 0.427 e. The number of hydrogen-bond acceptors (Lipinski definition) is 7. The molecule has 316 valence electrons. The number of rotatable bonds is 36. The number of carbonyl (C=O) groups excluding carboxylic acids is 3. The zero-order valence-corrected chi connectivity index (χ0v) is 35.6. The summed E-state index contributed by atoms with van der Waals surface area (Å²) in [5.74, 6) is 0.824. The molecule has 0 heterocycles. The Balaban J connectivity index is 1.45. The first-order valence-electron chi connectivity index (χ1n) is 23.0. The molecular weight excluding hydrogens is 701 g/mol. The summed E-state index contributed by atoms with van der Waals surface area (Å²) < 4.78 is 21.4. The van der Waals surface area contributed by atoms with Crippen molar-refractivity contribution in [1.29, 1.82) is 0 Å². The van der Waals surface area contributed by atoms with Gasteiger partial charge in [0.2, 0.25) is 0 Å². The Kier molecular flexibility index (Phi) is 30.4. The molecule has 0 fully saturated rings. The molecule has 0 radical (unpaired) electrons. The van der Waals surface area contributed by atoms with Crippen LogP contribution in [0.15, 0.2) is 48.5 Å². The van der Waals surface area contributed by atoms with E-state index in [-0.39, 0.29) is 23.4 Å². The maximum atomic E-state index is 12.3. The van der Waals surface area contributed by atoms with Crippen LogP contribution < -0.4 is 18.9 Å². The summed E-state index contributed by atoms with van der Waals surface area (Å²) in [6, 6.07) is 12.6. The van der Waals surface area contributed by atoms with Gasteiger partial charge in [-0.3, -0.25) is 9.59 Å². The maximum absolute atomic E-state index is 12.3. The Morgan fingerprint density at radius 3 is 0.732 bits per heavy atom. The van der Waals surface area contributed by atoms with E-state index < -0.39 is 6.16 Å². The van der Waals surface area contributed by atoms with Gasteiger partial charge < -0.3 is 18.9 Å². The molecule has 56 heavy (non-hydrogen) atoms. The van der Waals surface area contributed by atoms with Crippen LogP contribution in [-0.2, 0) is 9.59 Å². The highest BCUT2D eigenvalue weighted by atomic mass is 16.7. The molecule has 2 rings (SSSR count). The molecular formula is C49H78O7. The molecule has 0 saturated heterocycles. The van der Waals surface area contributed by atoms with Crippen LogP contribution >= 0.6 is 0 Å². The number of benzene rings is 2. The quantitative estimate of drug-likeness (QED) is 0.0294. The minimum absolute atomic E-state index is 0.257. The van der Waals surface area contributed by atoms with Gasteiger partial charge in [-0.15, -0.1) is 0 Å². The van der Waals surface area contributed by atoms with Gasteiger partial charge in [-0.05, 0) is 61.4 Å². The van der Waals surface area contributed by atoms with E-state index in [1.807, 2.05) is 0 Å². The summed E-state index contributed by atoms with van der Waals surface area (Å²) >= 11 is 0. The van der Waals surface area contributed by atoms with Crippen molar-refractivity contribution in [2.45, 2.75) is 219 Å². The third-order valence-electron chi connectivity index (χ3n) is 10.5. The Bertz CT molecular complexity index is 1140. The van der Waals surface area contributed by atoms with E-state index in [4.69, 9.17) is 18.9 Å². The first-order valence-corrected chi connectivity index (χ1v) is 23.0. The van der Waals surface area contributed by atoms with Crippen LogP contribution in [0.4, 0.5) is 4.79 Å². The second kappa shape index (κ2) is 34.9. The van der Waals surface area contributed by atoms with Crippen LogP contribution in [0.25, 0.3) is 0 Å². The van der Waals surface area contributed by atoms with Gasteiger partial charge in [0.25, 0.3) is 0 Å². The molecule has 0 aromatic heterocycles. The van der Waals surface area contributed by atoms with Gasteiger partial charge in [-0.2, -0.15) is 0 Å². The number of unbranched alkanes of at least 4 members (excludes halogenated alkanes) is 28. The summed E-state index contributed by atoms with van der Waals surface area (Å²) in [4.78, 5) is 36.9. The van der Waals surface area contributed by atoms with Crippen molar-refractivity contribution >= 4 is 18.1 Å². The van der Waals surface area contributed by atoms with Crippen LogP contribution in [0.2, 0.25) is 0 Å². The lowest BCUT2D eigenvalue weighted by molar-refractivity contribution is -0.135. The Labute approximate surface area is 341 Å². The fraction of sp³-hybridized carbons (Fsp3) is 0.694. The second-order valence-corrected chi connectivity index (χ2v) is 15.7. The molecule has 0 aliphatic carbocycles. The van der Waals surface area contributed by atoms with E-state index in [2.05, 4.69) is 13.8 Å². The predicted molar refractivity (Wildman–Crippen MR) is 230 cm³/mol. The van der Waals surface area contributed by atoms with E-state index in [1.165, 1.54) is 154 Å². The standard InChI is InChI=1S/C49H78O7/c1-3-5-7-9-11-13-15-17-19-21-23-25-27-29-31-33-47(50)53-43-35-39-45(40-36-43)55-49(52)56-46-41-37-44(38-42-46)54-48(51)34-32-30-28-26-24-22-20-18-16-14-12-10-8-6-4-2/h35-42H,3-34H2,1-2H3. The van der Waals surface area contributed by atoms with E-state index in [0.29, 0.717) is 24.3 Å². The van der Waals surface area contributed by atoms with Gasteiger partial charge in [0.1, 0.15) is 23.0 Å². The van der Waals surface area contributed by atoms with Gasteiger partial charge in [-0.1, -0.05) is 194 Å². The molecule has 0 N–H and O–H groups in total. The van der Waals surface area contributed by atoms with Crippen molar-refractivity contribution in [2.75, 3.05) is 0 Å². The van der Waals surface area contributed by atoms with Crippen molar-refractivity contribution in [3.05, 3.63) is 48.5 Å². The van der Waals surface area contributed by atoms with Crippen molar-refractivity contribution < 1.29 is 33.3 Å². The van der Waals surface area contributed by atoms with Crippen LogP contribution in [-0.4, -0.2) is 18.1 Å². The summed E-state index contributed by atoms with van der Waals surface area (Å²) in [5.41, 5.74) is 0. The molecule has 0 unspecified atom stereocenters. The van der Waals surface area contributed by atoms with Crippen molar-refractivity contribution in [3.8, 4) is 23.0 Å². The highest BCUT2D eigenvalue weighted by Crippen LogP contribution is 2.22. The van der Waals surface area contributed by atoms with Crippen LogP contribution in [0.3, 0.4) is 0 Å². The molecule has 2 aromatic rings. The summed E-state index contributed by atoms with van der Waals surface area (Å²) in [5, 5.41) is 0. The molecule has 0 bridgehead atoms. The number of hydrogen-bond donors (Lipinski definition) is 0. The van der Waals surface area contributed by atoms with Crippen molar-refractivity contribution in [1.82, 2.24) is 0 Å². The van der Waals surface area contributed by atoms with Gasteiger partial charge in [0.15, 0.2) is 0 Å². The lowest BCUT2D eigenvalue weighted by Crippen LogP contribution is -2.14. The monoisotopic (exact) mass is 779 g/mol. The minimum Gasteiger partial charge on any atom is -0.427 e. The fourth-order valence-corrected chi connectivity index (χ4v) is 7.01. The van der Waals surface area contributed by atoms with Crippen molar-refractivity contribution in [3.63, 3.8) is 0 Å². The molecule has 0 aliphatic heterocycles. The molecule has 0 atom stereocenters. The van der Waals surface area contributed by atoms with E-state index >= 15 is 0 Å². The Morgan fingerprint density at radius 2 is 0.500 bits per heavy atom. The van der Waals surface area contributed by atoms with Crippen molar-refractivity contribution in [2.24, 2.45) is 0 Å². The largest absolute Gasteiger partial charge is 0.519 e. The average molecular weight is 779 g/mol. The topological polar surface area (TPSA) is 88.1 Å². The lowest BCUT2D eigenvalue weighted by Gasteiger charge is -2.08. The summed E-state index contributed by atoms with van der Waals surface area (Å²) in [7, 11) is 0. The zero-order valence-electron chi connectivity index (χ0n) is 35.6. The third-order valence-corrected chi connectivity index (χ3v) is 10.5. The second-order valence-electron chi connectivity index (χ2n) is 15.7. The molecule has 0 amide bonds. The molecule has 7 nitrogen and oxygen atoms in total.